The first-order chi connectivity index (χ1) is 10.5. The summed E-state index contributed by atoms with van der Waals surface area (Å²) in [4.78, 5) is 23.4. The van der Waals surface area contributed by atoms with Crippen LogP contribution in [0.2, 0.25) is 0 Å². The third-order valence-corrected chi connectivity index (χ3v) is 4.20. The number of esters is 2. The largest absolute Gasteiger partial charge is 0.466 e. The van der Waals surface area contributed by atoms with Gasteiger partial charge in [0.2, 0.25) is 0 Å². The normalized spacial score (nSPS) is 10.5. The van der Waals surface area contributed by atoms with Gasteiger partial charge in [-0.1, -0.05) is 19.3 Å². The lowest BCUT2D eigenvalue weighted by Gasteiger charge is -2.02. The Morgan fingerprint density at radius 1 is 1.14 bits per heavy atom. The number of hydrogen-bond acceptors (Lipinski definition) is 6. The van der Waals surface area contributed by atoms with Crippen LogP contribution < -0.4 is 5.73 Å². The molecule has 6 heteroatoms. The van der Waals surface area contributed by atoms with Crippen molar-refractivity contribution >= 4 is 28.3 Å². The lowest BCUT2D eigenvalue weighted by Crippen LogP contribution is -2.05. The molecule has 0 radical (unpaired) electrons. The minimum Gasteiger partial charge on any atom is -0.466 e. The number of rotatable bonds is 10. The Kier molecular flexibility index (Phi) is 8.58. The van der Waals surface area contributed by atoms with Crippen LogP contribution in [0.1, 0.15) is 61.2 Å². The third kappa shape index (κ3) is 6.93. The molecule has 1 aromatic rings. The van der Waals surface area contributed by atoms with Crippen LogP contribution in [0.4, 0.5) is 5.00 Å². The van der Waals surface area contributed by atoms with Gasteiger partial charge in [-0.05, 0) is 32.3 Å². The van der Waals surface area contributed by atoms with Crippen LogP contribution in [-0.2, 0) is 20.7 Å². The molecule has 0 atom stereocenters. The van der Waals surface area contributed by atoms with E-state index < -0.39 is 0 Å². The molecule has 0 amide bonds. The molecule has 0 saturated carbocycles. The average molecular weight is 327 g/mol. The summed E-state index contributed by atoms with van der Waals surface area (Å²) in [6, 6.07) is 1.85. The van der Waals surface area contributed by atoms with Crippen molar-refractivity contribution in [2.75, 3.05) is 18.9 Å². The predicted octanol–water partition coefficient (Wildman–Crippen LogP) is 3.56. The summed E-state index contributed by atoms with van der Waals surface area (Å²) in [5.74, 6) is -0.555. The first-order valence-electron chi connectivity index (χ1n) is 7.73. The number of carbonyl (C=O) groups is 2. The van der Waals surface area contributed by atoms with Gasteiger partial charge in [0.25, 0.3) is 0 Å². The van der Waals surface area contributed by atoms with Crippen molar-refractivity contribution < 1.29 is 19.1 Å². The molecule has 0 aliphatic heterocycles. The van der Waals surface area contributed by atoms with Crippen molar-refractivity contribution in [3.05, 3.63) is 16.5 Å². The molecule has 124 valence electrons. The van der Waals surface area contributed by atoms with Gasteiger partial charge in [0, 0.05) is 11.8 Å². The van der Waals surface area contributed by atoms with Crippen molar-refractivity contribution in [3.63, 3.8) is 0 Å². The summed E-state index contributed by atoms with van der Waals surface area (Å²) in [6.07, 6.45) is 6.21. The Bertz CT molecular complexity index is 484. The van der Waals surface area contributed by atoms with Crippen LogP contribution in [0.25, 0.3) is 0 Å². The molecule has 0 aliphatic carbocycles. The molecule has 0 aromatic carbocycles. The van der Waals surface area contributed by atoms with E-state index in [9.17, 15) is 9.59 Å². The Labute approximate surface area is 135 Å². The van der Waals surface area contributed by atoms with Crippen LogP contribution in [0, 0.1) is 0 Å². The van der Waals surface area contributed by atoms with Gasteiger partial charge in [0.1, 0.15) is 5.00 Å². The first kappa shape index (κ1) is 18.5. The van der Waals surface area contributed by atoms with Gasteiger partial charge in [-0.25, -0.2) is 4.79 Å². The average Bonchev–Trinajstić information content (AvgIpc) is 2.83. The molecular weight excluding hydrogens is 302 g/mol. The number of carbonyl (C=O) groups excluding carboxylic acids is 2. The standard InChI is InChI=1S/C16H25NO4S/c1-3-20-16(19)14-11-13(22-15(14)17)9-7-5-4-6-8-10-21-12(2)18/h11H,3-10,17H2,1-2H3. The predicted molar refractivity (Wildman–Crippen MR) is 88.1 cm³/mol. The highest BCUT2D eigenvalue weighted by Gasteiger charge is 2.14. The lowest BCUT2D eigenvalue weighted by molar-refractivity contribution is -0.141. The number of aryl methyl sites for hydroxylation is 1. The molecule has 1 heterocycles. The minimum atomic E-state index is -0.340. The number of nitrogens with two attached hydrogens (primary N) is 1. The summed E-state index contributed by atoms with van der Waals surface area (Å²) >= 11 is 1.46. The van der Waals surface area contributed by atoms with E-state index in [-0.39, 0.29) is 11.9 Å². The number of ether oxygens (including phenoxy) is 2. The van der Waals surface area contributed by atoms with Crippen molar-refractivity contribution in [2.24, 2.45) is 0 Å². The fraction of sp³-hybridized carbons (Fsp3) is 0.625. The monoisotopic (exact) mass is 327 g/mol. The molecule has 0 unspecified atom stereocenters. The Hall–Kier alpha value is -1.56. The number of hydrogen-bond donors (Lipinski definition) is 1. The summed E-state index contributed by atoms with van der Waals surface area (Å²) in [6.45, 7) is 4.08. The van der Waals surface area contributed by atoms with Crippen LogP contribution in [0.5, 0.6) is 0 Å². The van der Waals surface area contributed by atoms with Crippen molar-refractivity contribution in [3.8, 4) is 0 Å². The first-order valence-corrected chi connectivity index (χ1v) is 8.55. The Morgan fingerprint density at radius 2 is 1.82 bits per heavy atom. The van der Waals surface area contributed by atoms with Crippen LogP contribution in [0.15, 0.2) is 6.07 Å². The van der Waals surface area contributed by atoms with Gasteiger partial charge in [0.15, 0.2) is 0 Å². The SMILES string of the molecule is CCOC(=O)c1cc(CCCCCCCOC(C)=O)sc1N. The molecule has 0 bridgehead atoms. The quantitative estimate of drug-likeness (QED) is 0.525. The Balaban J connectivity index is 2.19. The van der Waals surface area contributed by atoms with E-state index >= 15 is 0 Å². The van der Waals surface area contributed by atoms with Gasteiger partial charge in [-0.2, -0.15) is 0 Å². The fourth-order valence-electron chi connectivity index (χ4n) is 2.10. The number of anilines is 1. The highest BCUT2D eigenvalue weighted by molar-refractivity contribution is 7.16. The number of unbranched alkanes of at least 4 members (excludes halogenated alkanes) is 4. The zero-order valence-electron chi connectivity index (χ0n) is 13.4. The van der Waals surface area contributed by atoms with Crippen LogP contribution in [0.3, 0.4) is 0 Å². The topological polar surface area (TPSA) is 78.6 Å². The zero-order chi connectivity index (χ0) is 16.4. The van der Waals surface area contributed by atoms with Crippen LogP contribution >= 0.6 is 11.3 Å². The molecule has 1 aromatic heterocycles. The van der Waals surface area contributed by atoms with E-state index in [1.807, 2.05) is 6.07 Å². The zero-order valence-corrected chi connectivity index (χ0v) is 14.2. The van der Waals surface area contributed by atoms with E-state index in [1.54, 1.807) is 6.92 Å². The van der Waals surface area contributed by atoms with E-state index in [1.165, 1.54) is 18.3 Å². The minimum absolute atomic E-state index is 0.215. The molecule has 0 fully saturated rings. The van der Waals surface area contributed by atoms with Gasteiger partial charge >= 0.3 is 11.9 Å². The second-order valence-corrected chi connectivity index (χ2v) is 6.24. The Morgan fingerprint density at radius 3 is 2.50 bits per heavy atom. The van der Waals surface area contributed by atoms with E-state index in [2.05, 4.69) is 0 Å². The summed E-state index contributed by atoms with van der Waals surface area (Å²) in [5, 5.41) is 0.537. The van der Waals surface area contributed by atoms with Crippen molar-refractivity contribution in [1.29, 1.82) is 0 Å². The maximum atomic E-state index is 11.7. The smallest absolute Gasteiger partial charge is 0.341 e. The lowest BCUT2D eigenvalue weighted by atomic mass is 10.1. The second kappa shape index (κ2) is 10.2. The van der Waals surface area contributed by atoms with Crippen molar-refractivity contribution in [1.82, 2.24) is 0 Å². The highest BCUT2D eigenvalue weighted by atomic mass is 32.1. The van der Waals surface area contributed by atoms with Crippen LogP contribution in [-0.4, -0.2) is 25.2 Å². The molecule has 5 nitrogen and oxygen atoms in total. The molecule has 0 aliphatic rings. The summed E-state index contributed by atoms with van der Waals surface area (Å²) in [7, 11) is 0. The van der Waals surface area contributed by atoms with E-state index in [0.717, 1.165) is 43.4 Å². The molecule has 0 saturated heterocycles. The van der Waals surface area contributed by atoms with Crippen molar-refractivity contribution in [2.45, 2.75) is 52.4 Å². The number of thiophene rings is 1. The third-order valence-electron chi connectivity index (χ3n) is 3.18. The van der Waals surface area contributed by atoms with Gasteiger partial charge < -0.3 is 15.2 Å². The molecule has 1 rings (SSSR count). The van der Waals surface area contributed by atoms with Gasteiger partial charge in [-0.3, -0.25) is 4.79 Å². The highest BCUT2D eigenvalue weighted by Crippen LogP contribution is 2.27. The maximum Gasteiger partial charge on any atom is 0.341 e. The molecule has 0 spiro atoms. The molecule has 22 heavy (non-hydrogen) atoms. The van der Waals surface area contributed by atoms with E-state index in [0.29, 0.717) is 23.8 Å². The summed E-state index contributed by atoms with van der Waals surface area (Å²) in [5.41, 5.74) is 6.35. The number of nitrogen functional groups attached to an aromatic ring is 1. The van der Waals surface area contributed by atoms with Gasteiger partial charge in [0.05, 0.1) is 18.8 Å². The van der Waals surface area contributed by atoms with Gasteiger partial charge in [-0.15, -0.1) is 11.3 Å². The molecular formula is C16H25NO4S. The van der Waals surface area contributed by atoms with E-state index in [4.69, 9.17) is 15.2 Å². The molecule has 2 N–H and O–H groups in total. The fourth-order valence-corrected chi connectivity index (χ4v) is 3.05. The maximum absolute atomic E-state index is 11.7. The summed E-state index contributed by atoms with van der Waals surface area (Å²) < 4.78 is 9.85. The second-order valence-electron chi connectivity index (χ2n) is 5.07.